The zero-order valence-corrected chi connectivity index (χ0v) is 15.2. The highest BCUT2D eigenvalue weighted by molar-refractivity contribution is 6.32. The predicted molar refractivity (Wildman–Crippen MR) is 103 cm³/mol. The van der Waals surface area contributed by atoms with Gasteiger partial charge in [0.1, 0.15) is 0 Å². The Bertz CT molecular complexity index is 807. The van der Waals surface area contributed by atoms with Crippen LogP contribution in [0.4, 0.5) is 5.69 Å². The number of para-hydroxylation sites is 1. The summed E-state index contributed by atoms with van der Waals surface area (Å²) >= 11 is 6.06. The minimum atomic E-state index is -0.363. The van der Waals surface area contributed by atoms with Crippen LogP contribution in [0.3, 0.4) is 0 Å². The minimum Gasteiger partial charge on any atom is -0.347 e. The van der Waals surface area contributed by atoms with Crippen molar-refractivity contribution in [1.82, 2.24) is 5.32 Å². The molecule has 0 saturated carbocycles. The van der Waals surface area contributed by atoms with Crippen molar-refractivity contribution in [2.75, 3.05) is 5.32 Å². The third-order valence-corrected chi connectivity index (χ3v) is 3.58. The highest BCUT2D eigenvalue weighted by atomic mass is 35.5. The first-order chi connectivity index (χ1) is 11.8. The highest BCUT2D eigenvalue weighted by Crippen LogP contribution is 2.18. The lowest BCUT2D eigenvalue weighted by atomic mass is 10.1. The van der Waals surface area contributed by atoms with Crippen LogP contribution < -0.4 is 10.6 Å². The number of benzene rings is 2. The molecular weight excluding hydrogens is 336 g/mol. The summed E-state index contributed by atoms with van der Waals surface area (Å²) in [5.41, 5.74) is 1.26. The number of halogens is 1. The van der Waals surface area contributed by atoms with E-state index in [0.29, 0.717) is 16.3 Å². The van der Waals surface area contributed by atoms with E-state index in [0.717, 1.165) is 5.56 Å². The van der Waals surface area contributed by atoms with Gasteiger partial charge in [-0.05, 0) is 50.6 Å². The molecule has 2 amide bonds. The summed E-state index contributed by atoms with van der Waals surface area (Å²) < 4.78 is 0. The molecule has 25 heavy (non-hydrogen) atoms. The van der Waals surface area contributed by atoms with Crippen LogP contribution in [0.5, 0.6) is 0 Å². The van der Waals surface area contributed by atoms with E-state index in [9.17, 15) is 9.59 Å². The molecule has 5 heteroatoms. The van der Waals surface area contributed by atoms with Crippen molar-refractivity contribution < 1.29 is 9.59 Å². The first-order valence-corrected chi connectivity index (χ1v) is 8.29. The molecule has 0 aliphatic heterocycles. The number of carbonyl (C=O) groups excluding carboxylic acids is 2. The largest absolute Gasteiger partial charge is 0.347 e. The van der Waals surface area contributed by atoms with E-state index in [1.54, 1.807) is 36.4 Å². The summed E-state index contributed by atoms with van der Waals surface area (Å²) in [4.78, 5) is 24.6. The summed E-state index contributed by atoms with van der Waals surface area (Å²) in [6.45, 7) is 5.70. The second-order valence-electron chi connectivity index (χ2n) is 6.59. The molecule has 0 spiro atoms. The molecule has 0 heterocycles. The number of nitrogens with one attached hydrogen (secondary N) is 2. The Balaban J connectivity index is 2.14. The molecule has 2 rings (SSSR count). The van der Waals surface area contributed by atoms with Crippen molar-refractivity contribution in [2.24, 2.45) is 0 Å². The number of hydrogen-bond acceptors (Lipinski definition) is 2. The van der Waals surface area contributed by atoms with Crippen LogP contribution in [0.25, 0.3) is 6.08 Å². The Morgan fingerprint density at radius 1 is 1.00 bits per heavy atom. The van der Waals surface area contributed by atoms with Crippen LogP contribution in [-0.4, -0.2) is 17.4 Å². The monoisotopic (exact) mass is 356 g/mol. The van der Waals surface area contributed by atoms with Crippen LogP contribution in [0, 0.1) is 0 Å². The average Bonchev–Trinajstić information content (AvgIpc) is 2.53. The summed E-state index contributed by atoms with van der Waals surface area (Å²) in [6, 6.07) is 14.1. The first kappa shape index (κ1) is 18.7. The Kier molecular flexibility index (Phi) is 5.99. The van der Waals surface area contributed by atoms with Crippen molar-refractivity contribution in [1.29, 1.82) is 0 Å². The Morgan fingerprint density at radius 3 is 2.32 bits per heavy atom. The molecule has 2 aromatic rings. The Labute approximate surface area is 152 Å². The zero-order chi connectivity index (χ0) is 18.4. The normalized spacial score (nSPS) is 11.4. The molecule has 2 N–H and O–H groups in total. The lowest BCUT2D eigenvalue weighted by molar-refractivity contribution is -0.111. The van der Waals surface area contributed by atoms with Gasteiger partial charge in [0, 0.05) is 16.6 Å². The van der Waals surface area contributed by atoms with E-state index in [1.165, 1.54) is 6.08 Å². The number of anilines is 1. The Morgan fingerprint density at radius 2 is 1.64 bits per heavy atom. The molecule has 0 atom stereocenters. The standard InChI is InChI=1S/C20H21ClN2O2/c1-20(2,3)23-19(25)15-9-5-7-11-17(15)22-18(24)13-12-14-8-4-6-10-16(14)21/h4-13H,1-3H3,(H,22,24)(H,23,25). The average molecular weight is 357 g/mol. The number of carbonyl (C=O) groups is 2. The van der Waals surface area contributed by atoms with Gasteiger partial charge in [0.2, 0.25) is 5.91 Å². The number of rotatable bonds is 4. The van der Waals surface area contributed by atoms with Gasteiger partial charge in [-0.25, -0.2) is 0 Å². The molecule has 130 valence electrons. The highest BCUT2D eigenvalue weighted by Gasteiger charge is 2.18. The van der Waals surface area contributed by atoms with Crippen LogP contribution in [-0.2, 0) is 4.79 Å². The van der Waals surface area contributed by atoms with Gasteiger partial charge in [0.05, 0.1) is 11.3 Å². The van der Waals surface area contributed by atoms with E-state index in [1.807, 2.05) is 39.0 Å². The number of amides is 2. The fraction of sp³-hybridized carbons (Fsp3) is 0.200. The van der Waals surface area contributed by atoms with Gasteiger partial charge >= 0.3 is 0 Å². The van der Waals surface area contributed by atoms with Crippen LogP contribution in [0.2, 0.25) is 5.02 Å². The van der Waals surface area contributed by atoms with Gasteiger partial charge in [-0.15, -0.1) is 0 Å². The molecule has 0 aliphatic carbocycles. The molecule has 0 aromatic heterocycles. The smallest absolute Gasteiger partial charge is 0.253 e. The molecule has 0 unspecified atom stereocenters. The maximum atomic E-state index is 12.4. The first-order valence-electron chi connectivity index (χ1n) is 7.91. The fourth-order valence-electron chi connectivity index (χ4n) is 2.15. The van der Waals surface area contributed by atoms with Crippen LogP contribution in [0.15, 0.2) is 54.6 Å². The van der Waals surface area contributed by atoms with Gasteiger partial charge in [-0.1, -0.05) is 41.9 Å². The zero-order valence-electron chi connectivity index (χ0n) is 14.5. The third kappa shape index (κ3) is 5.76. The predicted octanol–water partition coefficient (Wildman–Crippen LogP) is 4.52. The lowest BCUT2D eigenvalue weighted by Crippen LogP contribution is -2.40. The molecule has 0 fully saturated rings. The lowest BCUT2D eigenvalue weighted by Gasteiger charge is -2.21. The quantitative estimate of drug-likeness (QED) is 0.791. The van der Waals surface area contributed by atoms with Crippen LogP contribution >= 0.6 is 11.6 Å². The molecule has 2 aromatic carbocycles. The molecule has 4 nitrogen and oxygen atoms in total. The second-order valence-corrected chi connectivity index (χ2v) is 7.00. The van der Waals surface area contributed by atoms with Crippen molar-refractivity contribution >= 4 is 35.2 Å². The summed E-state index contributed by atoms with van der Waals surface area (Å²) in [7, 11) is 0. The molecule has 0 saturated heterocycles. The summed E-state index contributed by atoms with van der Waals surface area (Å²) in [5.74, 6) is -0.575. The van der Waals surface area contributed by atoms with Crippen LogP contribution in [0.1, 0.15) is 36.7 Å². The third-order valence-electron chi connectivity index (χ3n) is 3.24. The second kappa shape index (κ2) is 7.99. The van der Waals surface area contributed by atoms with Gasteiger partial charge in [-0.3, -0.25) is 9.59 Å². The van der Waals surface area contributed by atoms with Crippen molar-refractivity contribution in [3.8, 4) is 0 Å². The minimum absolute atomic E-state index is 0.238. The summed E-state index contributed by atoms with van der Waals surface area (Å²) in [5, 5.41) is 6.19. The maximum absolute atomic E-state index is 12.4. The molecule has 0 bridgehead atoms. The van der Waals surface area contributed by atoms with E-state index in [4.69, 9.17) is 11.6 Å². The molecule has 0 aliphatic rings. The maximum Gasteiger partial charge on any atom is 0.253 e. The van der Waals surface area contributed by atoms with Gasteiger partial charge in [0.25, 0.3) is 5.91 Å². The van der Waals surface area contributed by atoms with Crippen molar-refractivity contribution in [2.45, 2.75) is 26.3 Å². The fourth-order valence-corrected chi connectivity index (χ4v) is 2.35. The molecular formula is C20H21ClN2O2. The van der Waals surface area contributed by atoms with Gasteiger partial charge in [-0.2, -0.15) is 0 Å². The van der Waals surface area contributed by atoms with Crippen molar-refractivity contribution in [3.05, 3.63) is 70.8 Å². The van der Waals surface area contributed by atoms with E-state index < -0.39 is 0 Å². The topological polar surface area (TPSA) is 58.2 Å². The number of hydrogen-bond donors (Lipinski definition) is 2. The summed E-state index contributed by atoms with van der Waals surface area (Å²) in [6.07, 6.45) is 3.02. The van der Waals surface area contributed by atoms with E-state index >= 15 is 0 Å². The SMILES string of the molecule is CC(C)(C)NC(=O)c1ccccc1NC(=O)C=Cc1ccccc1Cl. The Hall–Kier alpha value is -2.59. The van der Waals surface area contributed by atoms with Gasteiger partial charge < -0.3 is 10.6 Å². The van der Waals surface area contributed by atoms with Crippen molar-refractivity contribution in [3.63, 3.8) is 0 Å². The molecule has 0 radical (unpaired) electrons. The van der Waals surface area contributed by atoms with Gasteiger partial charge in [0.15, 0.2) is 0 Å². The van der Waals surface area contributed by atoms with E-state index in [-0.39, 0.29) is 17.4 Å². The van der Waals surface area contributed by atoms with E-state index in [2.05, 4.69) is 10.6 Å².